The van der Waals surface area contributed by atoms with Crippen LogP contribution in [0.1, 0.15) is 27.7 Å². The van der Waals surface area contributed by atoms with Crippen LogP contribution < -0.4 is 11.3 Å². The van der Waals surface area contributed by atoms with E-state index in [4.69, 9.17) is 28.8 Å². The first-order valence-corrected chi connectivity index (χ1v) is 16.7. The van der Waals surface area contributed by atoms with Gasteiger partial charge in [-0.25, -0.2) is 14.3 Å². The molecule has 49 heavy (non-hydrogen) atoms. The summed E-state index contributed by atoms with van der Waals surface area (Å²) >= 11 is 0. The van der Waals surface area contributed by atoms with Crippen molar-refractivity contribution in [2.75, 3.05) is 12.3 Å². The average Bonchev–Trinajstić information content (AvgIpc) is 3.55. The highest BCUT2D eigenvalue weighted by molar-refractivity contribution is 7.48. The summed E-state index contributed by atoms with van der Waals surface area (Å²) in [4.78, 5) is 34.3. The van der Waals surface area contributed by atoms with Crippen LogP contribution in [0, 0.1) is 0 Å². The predicted octanol–water partition coefficient (Wildman–Crippen LogP) is 3.12. The number of aliphatic hydroxyl groups is 2. The Morgan fingerprint density at radius 2 is 1.49 bits per heavy atom. The minimum absolute atomic E-state index is 0.0323. The number of ether oxygens (including phenoxy) is 2. The van der Waals surface area contributed by atoms with Crippen LogP contribution in [0.15, 0.2) is 102 Å². The largest absolute Gasteiger partial charge is 0.475 e. The van der Waals surface area contributed by atoms with Gasteiger partial charge >= 0.3 is 13.8 Å². The second-order valence-corrected chi connectivity index (χ2v) is 12.8. The van der Waals surface area contributed by atoms with Crippen LogP contribution in [0.5, 0.6) is 0 Å². The molecule has 256 valence electrons. The highest BCUT2D eigenvalue weighted by Gasteiger charge is 2.50. The summed E-state index contributed by atoms with van der Waals surface area (Å²) in [6.07, 6.45) is -6.93. The van der Waals surface area contributed by atoms with Crippen molar-refractivity contribution in [1.29, 1.82) is 0 Å². The van der Waals surface area contributed by atoms with Crippen molar-refractivity contribution in [3.63, 3.8) is 0 Å². The van der Waals surface area contributed by atoms with E-state index in [-0.39, 0.29) is 35.9 Å². The van der Waals surface area contributed by atoms with Gasteiger partial charge < -0.3 is 25.4 Å². The number of nitrogen functional groups attached to an aromatic ring is 1. The Balaban J connectivity index is 1.33. The molecule has 0 bridgehead atoms. The van der Waals surface area contributed by atoms with E-state index in [1.807, 2.05) is 12.1 Å². The fourth-order valence-corrected chi connectivity index (χ4v) is 6.56. The van der Waals surface area contributed by atoms with Crippen LogP contribution in [0.4, 0.5) is 5.95 Å². The van der Waals surface area contributed by atoms with Gasteiger partial charge in [0, 0.05) is 7.05 Å². The van der Waals surface area contributed by atoms with Crippen molar-refractivity contribution < 1.29 is 42.6 Å². The second-order valence-electron chi connectivity index (χ2n) is 11.2. The Labute approximate surface area is 280 Å². The van der Waals surface area contributed by atoms with E-state index in [2.05, 4.69) is 9.97 Å². The smallest absolute Gasteiger partial charge is 0.459 e. The second kappa shape index (κ2) is 14.8. The number of benzene rings is 3. The van der Waals surface area contributed by atoms with Crippen molar-refractivity contribution in [2.24, 2.45) is 7.05 Å². The molecular weight excluding hydrogens is 657 g/mol. The first kappa shape index (κ1) is 34.1. The molecule has 0 spiro atoms. The number of imidazole rings is 1. The highest BCUT2D eigenvalue weighted by Crippen LogP contribution is 2.54. The summed E-state index contributed by atoms with van der Waals surface area (Å²) in [7, 11) is -3.18. The van der Waals surface area contributed by atoms with Gasteiger partial charge in [-0.1, -0.05) is 78.9 Å². The normalized spacial score (nSPS) is 21.1. The Kier molecular flexibility index (Phi) is 10.3. The summed E-state index contributed by atoms with van der Waals surface area (Å²) in [5.74, 6) is -0.802. The third kappa shape index (κ3) is 7.63. The lowest BCUT2D eigenvalue weighted by atomic mass is 9.98. The quantitative estimate of drug-likeness (QED) is 0.127. The number of phosphoric acid groups is 1. The molecule has 1 fully saturated rings. The topological polar surface area (TPSA) is 199 Å². The number of carbonyl (C=O) groups excluding carboxylic acids is 1. The molecule has 3 heterocycles. The van der Waals surface area contributed by atoms with Crippen LogP contribution >= 0.6 is 7.82 Å². The van der Waals surface area contributed by atoms with Gasteiger partial charge in [0.15, 0.2) is 17.4 Å². The molecule has 1 saturated heterocycles. The fourth-order valence-electron chi connectivity index (χ4n) is 5.21. The lowest BCUT2D eigenvalue weighted by molar-refractivity contribution is -0.247. The molecule has 5 atom stereocenters. The number of nitrogens with two attached hydrogens (primary N) is 1. The molecule has 0 saturated carbocycles. The molecular formula is C33H34N5O10P. The standard InChI is InChI=1S/C33H34N5O10P/c1-37-30(41)25-29(36-33(37)34)35-20-38(25)31-27(40)28(26(39)24(47-31)19-44-32(42)23-15-9-4-10-16-23)48-49(43,45-17-21-11-5-2-6-12-21)46-18-22-13-7-3-8-14-22/h2-16,20,24,26-28,31,39-40H,17-19H2,1H3,(H2,34,36)/t24-,26-,27-,28+,31-/m1/s1. The number of hydrogen-bond acceptors (Lipinski definition) is 13. The zero-order valence-corrected chi connectivity index (χ0v) is 27.1. The molecule has 4 N–H and O–H groups in total. The van der Waals surface area contributed by atoms with E-state index < -0.39 is 56.6 Å². The summed E-state index contributed by atoms with van der Waals surface area (Å²) < 4.78 is 45.5. The number of anilines is 1. The molecule has 2 aromatic heterocycles. The van der Waals surface area contributed by atoms with Gasteiger partial charge in [-0.15, -0.1) is 0 Å². The molecule has 1 aliphatic heterocycles. The third-order valence-corrected chi connectivity index (χ3v) is 9.28. The summed E-state index contributed by atoms with van der Waals surface area (Å²) in [5.41, 5.74) is 6.69. The van der Waals surface area contributed by atoms with Crippen LogP contribution in [0.3, 0.4) is 0 Å². The Bertz CT molecular complexity index is 1950. The number of nitrogens with zero attached hydrogens (tertiary/aromatic N) is 4. The minimum Gasteiger partial charge on any atom is -0.459 e. The first-order valence-electron chi connectivity index (χ1n) is 15.2. The number of esters is 1. The van der Waals surface area contributed by atoms with Crippen LogP contribution in [-0.2, 0) is 47.9 Å². The summed E-state index contributed by atoms with van der Waals surface area (Å²) in [5, 5.41) is 23.2. The summed E-state index contributed by atoms with van der Waals surface area (Å²) in [6.45, 7) is -0.911. The zero-order valence-electron chi connectivity index (χ0n) is 26.2. The predicted molar refractivity (Wildman–Crippen MR) is 175 cm³/mol. The number of hydrogen-bond donors (Lipinski definition) is 3. The number of aliphatic hydroxyl groups excluding tert-OH is 2. The van der Waals surface area contributed by atoms with Gasteiger partial charge in [-0.3, -0.25) is 27.5 Å². The van der Waals surface area contributed by atoms with Crippen LogP contribution in [0.25, 0.3) is 11.2 Å². The first-order chi connectivity index (χ1) is 23.6. The molecule has 0 radical (unpaired) electrons. The number of fused-ring (bicyclic) bond motifs is 1. The van der Waals surface area contributed by atoms with E-state index >= 15 is 0 Å². The van der Waals surface area contributed by atoms with Crippen molar-refractivity contribution in [3.8, 4) is 0 Å². The molecule has 5 aromatic rings. The molecule has 0 amide bonds. The molecule has 15 nitrogen and oxygen atoms in total. The number of aromatic nitrogens is 4. The van der Waals surface area contributed by atoms with Gasteiger partial charge in [0.2, 0.25) is 5.95 Å². The Morgan fingerprint density at radius 3 is 2.08 bits per heavy atom. The van der Waals surface area contributed by atoms with Gasteiger partial charge in [0.25, 0.3) is 5.56 Å². The fraction of sp³-hybridized carbons (Fsp3) is 0.273. The Morgan fingerprint density at radius 1 is 0.918 bits per heavy atom. The number of phosphoric ester groups is 1. The van der Waals surface area contributed by atoms with Crippen molar-refractivity contribution in [2.45, 2.75) is 43.9 Å². The number of rotatable bonds is 12. The average molecular weight is 692 g/mol. The molecule has 16 heteroatoms. The molecule has 1 aliphatic rings. The Hall–Kier alpha value is -4.73. The molecule has 0 unspecified atom stereocenters. The maximum Gasteiger partial charge on any atom is 0.475 e. The SMILES string of the molecule is Cn1c(N)nc2ncn([C@@H]3O[C@H](COC(=O)c4ccccc4)[C@@H](O)[C@H](OP(=O)(OCc4ccccc4)OCc4ccccc4)[C@H]3O)c2c1=O. The number of carbonyl (C=O) groups is 1. The van der Waals surface area contributed by atoms with Crippen molar-refractivity contribution in [3.05, 3.63) is 124 Å². The van der Waals surface area contributed by atoms with Gasteiger partial charge in [0.1, 0.15) is 37.4 Å². The van der Waals surface area contributed by atoms with E-state index in [0.717, 1.165) is 4.57 Å². The van der Waals surface area contributed by atoms with Gasteiger partial charge in [0.05, 0.1) is 18.8 Å². The zero-order chi connectivity index (χ0) is 34.5. The maximum atomic E-state index is 14.3. The molecule has 6 rings (SSSR count). The van der Waals surface area contributed by atoms with E-state index in [9.17, 15) is 24.4 Å². The maximum absolute atomic E-state index is 14.3. The monoisotopic (exact) mass is 691 g/mol. The van der Waals surface area contributed by atoms with E-state index in [1.54, 1.807) is 78.9 Å². The van der Waals surface area contributed by atoms with Crippen molar-refractivity contribution >= 4 is 30.9 Å². The van der Waals surface area contributed by atoms with Crippen LogP contribution in [-0.4, -0.2) is 66.3 Å². The van der Waals surface area contributed by atoms with E-state index in [0.29, 0.717) is 11.1 Å². The van der Waals surface area contributed by atoms with Crippen LogP contribution in [0.2, 0.25) is 0 Å². The highest BCUT2D eigenvalue weighted by atomic mass is 31.2. The third-order valence-electron chi connectivity index (χ3n) is 7.88. The van der Waals surface area contributed by atoms with E-state index in [1.165, 1.54) is 17.9 Å². The lowest BCUT2D eigenvalue weighted by Crippen LogP contribution is -2.57. The van der Waals surface area contributed by atoms with Crippen molar-refractivity contribution in [1.82, 2.24) is 19.1 Å². The van der Waals surface area contributed by atoms with Gasteiger partial charge in [-0.2, -0.15) is 4.98 Å². The minimum atomic E-state index is -4.58. The molecule has 0 aliphatic carbocycles. The summed E-state index contributed by atoms with van der Waals surface area (Å²) in [6, 6.07) is 25.9. The molecule has 3 aromatic carbocycles. The lowest BCUT2D eigenvalue weighted by Gasteiger charge is -2.43. The van der Waals surface area contributed by atoms with Gasteiger partial charge in [-0.05, 0) is 23.3 Å².